The first-order valence-corrected chi connectivity index (χ1v) is 7.54. The zero-order valence-corrected chi connectivity index (χ0v) is 12.9. The number of aromatic nitrogens is 2. The molecule has 2 atom stereocenters. The van der Waals surface area contributed by atoms with Crippen LogP contribution in [0.15, 0.2) is 36.5 Å². The maximum atomic E-state index is 11.6. The first kappa shape index (κ1) is 14.8. The smallest absolute Gasteiger partial charge is 0.308 e. The van der Waals surface area contributed by atoms with Crippen molar-refractivity contribution in [3.8, 4) is 0 Å². The molecule has 0 aliphatic carbocycles. The van der Waals surface area contributed by atoms with E-state index >= 15 is 0 Å². The number of rotatable bonds is 4. The van der Waals surface area contributed by atoms with Crippen LogP contribution in [-0.2, 0) is 18.4 Å². The van der Waals surface area contributed by atoms with Gasteiger partial charge in [-0.25, -0.2) is 0 Å². The molecule has 22 heavy (non-hydrogen) atoms. The molecular weight excluding hydrogens is 278 g/mol. The highest BCUT2D eigenvalue weighted by molar-refractivity contribution is 5.72. The van der Waals surface area contributed by atoms with Crippen molar-refractivity contribution < 1.29 is 9.90 Å². The SMILES string of the molecule is Cc1c(C2CN(Cc3ccccc3)CC2C(=O)O)cnn1C. The van der Waals surface area contributed by atoms with Crippen molar-refractivity contribution in [2.24, 2.45) is 13.0 Å². The van der Waals surface area contributed by atoms with Crippen molar-refractivity contribution in [1.82, 2.24) is 14.7 Å². The van der Waals surface area contributed by atoms with Crippen LogP contribution < -0.4 is 0 Å². The number of benzene rings is 1. The van der Waals surface area contributed by atoms with E-state index in [0.29, 0.717) is 6.54 Å². The van der Waals surface area contributed by atoms with E-state index in [4.69, 9.17) is 0 Å². The molecule has 1 N–H and O–H groups in total. The van der Waals surface area contributed by atoms with Gasteiger partial charge in [0.25, 0.3) is 0 Å². The predicted molar refractivity (Wildman–Crippen MR) is 83.5 cm³/mol. The summed E-state index contributed by atoms with van der Waals surface area (Å²) in [5.74, 6) is -1.08. The third-order valence-corrected chi connectivity index (χ3v) is 4.63. The Balaban J connectivity index is 1.81. The van der Waals surface area contributed by atoms with E-state index in [1.165, 1.54) is 5.56 Å². The Morgan fingerprint density at radius 2 is 2.05 bits per heavy atom. The molecule has 2 unspecified atom stereocenters. The lowest BCUT2D eigenvalue weighted by molar-refractivity contribution is -0.141. The van der Waals surface area contributed by atoms with E-state index in [-0.39, 0.29) is 11.8 Å². The Bertz CT molecular complexity index is 666. The van der Waals surface area contributed by atoms with Gasteiger partial charge in [0.1, 0.15) is 0 Å². The minimum atomic E-state index is -0.719. The number of carboxylic acid groups (broad SMARTS) is 1. The Morgan fingerprint density at radius 1 is 1.32 bits per heavy atom. The second-order valence-corrected chi connectivity index (χ2v) is 6.04. The number of hydrogen-bond acceptors (Lipinski definition) is 3. The molecule has 1 saturated heterocycles. The van der Waals surface area contributed by atoms with Gasteiger partial charge in [0.2, 0.25) is 0 Å². The second-order valence-electron chi connectivity index (χ2n) is 6.04. The molecule has 1 aliphatic rings. The highest BCUT2D eigenvalue weighted by Crippen LogP contribution is 2.35. The van der Waals surface area contributed by atoms with Gasteiger partial charge in [0.15, 0.2) is 0 Å². The zero-order valence-electron chi connectivity index (χ0n) is 12.9. The van der Waals surface area contributed by atoms with Crippen LogP contribution in [0.1, 0.15) is 22.7 Å². The van der Waals surface area contributed by atoms with Gasteiger partial charge < -0.3 is 5.11 Å². The fraction of sp³-hybridized carbons (Fsp3) is 0.412. The minimum absolute atomic E-state index is 0.00918. The second kappa shape index (κ2) is 5.93. The number of carbonyl (C=O) groups is 1. The summed E-state index contributed by atoms with van der Waals surface area (Å²) >= 11 is 0. The monoisotopic (exact) mass is 299 g/mol. The number of carboxylic acids is 1. The third-order valence-electron chi connectivity index (χ3n) is 4.63. The van der Waals surface area contributed by atoms with Crippen LogP contribution in [0.2, 0.25) is 0 Å². The minimum Gasteiger partial charge on any atom is -0.481 e. The summed E-state index contributed by atoms with van der Waals surface area (Å²) < 4.78 is 1.81. The Hall–Kier alpha value is -2.14. The lowest BCUT2D eigenvalue weighted by Crippen LogP contribution is -2.23. The molecule has 0 saturated carbocycles. The first-order valence-electron chi connectivity index (χ1n) is 7.54. The summed E-state index contributed by atoms with van der Waals surface area (Å²) in [6.07, 6.45) is 1.82. The van der Waals surface area contributed by atoms with Gasteiger partial charge in [-0.3, -0.25) is 14.4 Å². The van der Waals surface area contributed by atoms with Gasteiger partial charge in [-0.1, -0.05) is 30.3 Å². The van der Waals surface area contributed by atoms with Crippen LogP contribution >= 0.6 is 0 Å². The maximum Gasteiger partial charge on any atom is 0.308 e. The average molecular weight is 299 g/mol. The third kappa shape index (κ3) is 2.76. The predicted octanol–water partition coefficient (Wildman–Crippen LogP) is 2.03. The Labute approximate surface area is 130 Å². The fourth-order valence-corrected chi connectivity index (χ4v) is 3.30. The van der Waals surface area contributed by atoms with E-state index < -0.39 is 5.97 Å². The molecule has 116 valence electrons. The van der Waals surface area contributed by atoms with E-state index in [1.54, 1.807) is 0 Å². The Morgan fingerprint density at radius 3 is 2.64 bits per heavy atom. The van der Waals surface area contributed by atoms with Crippen LogP contribution in [0.5, 0.6) is 0 Å². The molecule has 0 amide bonds. The average Bonchev–Trinajstić information content (AvgIpc) is 3.05. The lowest BCUT2D eigenvalue weighted by Gasteiger charge is -2.16. The summed E-state index contributed by atoms with van der Waals surface area (Å²) in [4.78, 5) is 13.9. The van der Waals surface area contributed by atoms with Crippen molar-refractivity contribution in [2.75, 3.05) is 13.1 Å². The fourth-order valence-electron chi connectivity index (χ4n) is 3.30. The standard InChI is InChI=1S/C17H21N3O2/c1-12-14(8-18-19(12)2)15-10-20(11-16(15)17(21)22)9-13-6-4-3-5-7-13/h3-8,15-16H,9-11H2,1-2H3,(H,21,22). The van der Waals surface area contributed by atoms with Gasteiger partial charge >= 0.3 is 5.97 Å². The number of nitrogens with zero attached hydrogens (tertiary/aromatic N) is 3. The molecule has 5 nitrogen and oxygen atoms in total. The Kier molecular flexibility index (Phi) is 3.98. The van der Waals surface area contributed by atoms with Crippen LogP contribution in [-0.4, -0.2) is 38.8 Å². The van der Waals surface area contributed by atoms with Crippen molar-refractivity contribution in [3.05, 3.63) is 53.3 Å². The molecule has 5 heteroatoms. The molecule has 0 spiro atoms. The highest BCUT2D eigenvalue weighted by Gasteiger charge is 2.39. The van der Waals surface area contributed by atoms with Gasteiger partial charge in [0, 0.05) is 38.3 Å². The summed E-state index contributed by atoms with van der Waals surface area (Å²) in [5, 5.41) is 13.8. The molecule has 1 aromatic carbocycles. The number of likely N-dealkylation sites (tertiary alicyclic amines) is 1. The van der Waals surface area contributed by atoms with E-state index in [9.17, 15) is 9.90 Å². The summed E-state index contributed by atoms with van der Waals surface area (Å²) in [7, 11) is 1.89. The molecule has 1 fully saturated rings. The molecule has 1 aromatic heterocycles. The van der Waals surface area contributed by atoms with Crippen molar-refractivity contribution in [2.45, 2.75) is 19.4 Å². The topological polar surface area (TPSA) is 58.4 Å². The van der Waals surface area contributed by atoms with Crippen LogP contribution in [0.4, 0.5) is 0 Å². The van der Waals surface area contributed by atoms with Crippen LogP contribution in [0, 0.1) is 12.8 Å². The summed E-state index contributed by atoms with van der Waals surface area (Å²) in [6.45, 7) is 4.14. The van der Waals surface area contributed by atoms with Crippen LogP contribution in [0.25, 0.3) is 0 Å². The van der Waals surface area contributed by atoms with E-state index in [0.717, 1.165) is 24.3 Å². The molecule has 3 rings (SSSR count). The van der Waals surface area contributed by atoms with Gasteiger partial charge in [-0.05, 0) is 18.1 Å². The normalized spacial score (nSPS) is 22.1. The first-order chi connectivity index (χ1) is 10.6. The van der Waals surface area contributed by atoms with Crippen molar-refractivity contribution in [1.29, 1.82) is 0 Å². The quantitative estimate of drug-likeness (QED) is 0.938. The largest absolute Gasteiger partial charge is 0.481 e. The maximum absolute atomic E-state index is 11.6. The molecule has 0 bridgehead atoms. The lowest BCUT2D eigenvalue weighted by atomic mass is 9.89. The molecule has 2 heterocycles. The number of aryl methyl sites for hydroxylation is 1. The summed E-state index contributed by atoms with van der Waals surface area (Å²) in [5.41, 5.74) is 3.33. The van der Waals surface area contributed by atoms with Crippen molar-refractivity contribution in [3.63, 3.8) is 0 Å². The van der Waals surface area contributed by atoms with Gasteiger partial charge in [-0.2, -0.15) is 5.10 Å². The number of aliphatic carboxylic acids is 1. The zero-order chi connectivity index (χ0) is 15.7. The van der Waals surface area contributed by atoms with E-state index in [2.05, 4.69) is 22.1 Å². The number of hydrogen-bond donors (Lipinski definition) is 1. The highest BCUT2D eigenvalue weighted by atomic mass is 16.4. The van der Waals surface area contributed by atoms with Gasteiger partial charge in [0.05, 0.1) is 12.1 Å². The van der Waals surface area contributed by atoms with Crippen LogP contribution in [0.3, 0.4) is 0 Å². The van der Waals surface area contributed by atoms with E-state index in [1.807, 2.05) is 43.0 Å². The molecule has 0 radical (unpaired) electrons. The molecular formula is C17H21N3O2. The molecule has 1 aliphatic heterocycles. The molecule has 2 aromatic rings. The van der Waals surface area contributed by atoms with Crippen molar-refractivity contribution >= 4 is 5.97 Å². The van der Waals surface area contributed by atoms with Gasteiger partial charge in [-0.15, -0.1) is 0 Å². The summed E-state index contributed by atoms with van der Waals surface area (Å²) in [6, 6.07) is 10.2.